The summed E-state index contributed by atoms with van der Waals surface area (Å²) in [6.07, 6.45) is 14.3. The van der Waals surface area contributed by atoms with E-state index in [4.69, 9.17) is 4.52 Å². The van der Waals surface area contributed by atoms with E-state index in [-0.39, 0.29) is 11.6 Å². The summed E-state index contributed by atoms with van der Waals surface area (Å²) in [5.41, 5.74) is -1.36. The number of quaternary nitrogens is 1. The van der Waals surface area contributed by atoms with Gasteiger partial charge in [-0.05, 0) is 12.8 Å². The predicted molar refractivity (Wildman–Crippen MR) is 121 cm³/mol. The van der Waals surface area contributed by atoms with Crippen molar-refractivity contribution in [3.05, 3.63) is 0 Å². The molecule has 0 N–H and O–H groups in total. The van der Waals surface area contributed by atoms with Crippen LogP contribution < -0.4 is 0 Å². The van der Waals surface area contributed by atoms with Gasteiger partial charge in [0.25, 0.3) is 0 Å². The zero-order valence-electron chi connectivity index (χ0n) is 19.3. The zero-order valence-corrected chi connectivity index (χ0v) is 20.3. The van der Waals surface area contributed by atoms with Crippen LogP contribution in [0.5, 0.6) is 0 Å². The second kappa shape index (κ2) is 15.5. The van der Waals surface area contributed by atoms with Crippen LogP contribution in [0.2, 0.25) is 0 Å². The first-order valence-corrected chi connectivity index (χ1v) is 11.9. The van der Waals surface area contributed by atoms with Crippen molar-refractivity contribution in [2.24, 2.45) is 0 Å². The standard InChI is InChI=1S/C23H46NO3P/c1-6-8-10-12-14-16-18-21(25)23(27-28,20-24(3,4)5)22(26)19-17-15-13-11-9-7-2/h28H,6-20H2,1-5H3. The number of carbonyl (C=O) groups excluding carboxylic acids is 2. The molecule has 0 rings (SSSR count). The molecule has 0 aliphatic carbocycles. The Labute approximate surface area is 177 Å². The van der Waals surface area contributed by atoms with Gasteiger partial charge in [0.15, 0.2) is 11.6 Å². The van der Waals surface area contributed by atoms with Gasteiger partial charge in [-0.25, -0.2) is 0 Å². The molecule has 0 unspecified atom stereocenters. The topological polar surface area (TPSA) is 43.4 Å². The van der Waals surface area contributed by atoms with Crippen LogP contribution in [-0.2, 0) is 14.1 Å². The quantitative estimate of drug-likeness (QED) is 0.110. The van der Waals surface area contributed by atoms with E-state index in [9.17, 15) is 9.59 Å². The Kier molecular flexibility index (Phi) is 15.3. The average Bonchev–Trinajstić information content (AvgIpc) is 2.64. The number of nitrogens with zero attached hydrogens (tertiary/aromatic N) is 1. The van der Waals surface area contributed by atoms with Crippen LogP contribution in [0.3, 0.4) is 0 Å². The zero-order chi connectivity index (χ0) is 21.5. The van der Waals surface area contributed by atoms with E-state index in [1.54, 1.807) is 0 Å². The van der Waals surface area contributed by atoms with Gasteiger partial charge in [0.1, 0.15) is 6.54 Å². The lowest BCUT2D eigenvalue weighted by atomic mass is 9.86. The van der Waals surface area contributed by atoms with Crippen LogP contribution in [0, 0.1) is 0 Å². The highest BCUT2D eigenvalue weighted by atomic mass is 31.0. The number of ketones is 2. The van der Waals surface area contributed by atoms with Crippen molar-refractivity contribution in [1.29, 1.82) is 0 Å². The molecule has 4 nitrogen and oxygen atoms in total. The minimum Gasteiger partial charge on any atom is -0.541 e. The average molecular weight is 416 g/mol. The molecule has 0 aliphatic heterocycles. The monoisotopic (exact) mass is 415 g/mol. The molecule has 0 amide bonds. The molecule has 0 aromatic carbocycles. The number of hydrogen-bond acceptors (Lipinski definition) is 3. The first-order chi connectivity index (χ1) is 13.2. The molecule has 0 spiro atoms. The van der Waals surface area contributed by atoms with E-state index < -0.39 is 5.60 Å². The van der Waals surface area contributed by atoms with Crippen molar-refractivity contribution in [3.63, 3.8) is 0 Å². The molecule has 0 aliphatic rings. The maximum Gasteiger partial charge on any atom is 0.204 e. The van der Waals surface area contributed by atoms with Gasteiger partial charge in [-0.2, -0.15) is 0 Å². The van der Waals surface area contributed by atoms with Crippen LogP contribution >= 0.6 is 9.47 Å². The second-order valence-electron chi connectivity index (χ2n) is 9.26. The normalized spacial score (nSPS) is 12.4. The van der Waals surface area contributed by atoms with Gasteiger partial charge >= 0.3 is 0 Å². The molecule has 0 fully saturated rings. The van der Waals surface area contributed by atoms with E-state index >= 15 is 0 Å². The first-order valence-electron chi connectivity index (χ1n) is 11.4. The predicted octanol–water partition coefficient (Wildman–Crippen LogP) is 6.15. The van der Waals surface area contributed by atoms with Crippen LogP contribution in [-0.4, -0.2) is 49.3 Å². The SMILES string of the molecule is CCCCCCCCC(=O)C(C[N+](C)(C)C)(O[PH-])C(=O)CCCCCCCC. The lowest BCUT2D eigenvalue weighted by Crippen LogP contribution is -2.58. The Morgan fingerprint density at radius 2 is 1.07 bits per heavy atom. The van der Waals surface area contributed by atoms with Crippen molar-refractivity contribution in [3.8, 4) is 0 Å². The van der Waals surface area contributed by atoms with Gasteiger partial charge in [-0.3, -0.25) is 9.59 Å². The number of likely N-dealkylation sites (N-methyl/N-ethyl adjacent to an activating group) is 1. The molecule has 28 heavy (non-hydrogen) atoms. The smallest absolute Gasteiger partial charge is 0.204 e. The van der Waals surface area contributed by atoms with Crippen LogP contribution in [0.1, 0.15) is 104 Å². The van der Waals surface area contributed by atoms with Crippen molar-refractivity contribution in [1.82, 2.24) is 0 Å². The minimum atomic E-state index is -1.36. The molecule has 166 valence electrons. The van der Waals surface area contributed by atoms with Gasteiger partial charge in [-0.1, -0.05) is 78.1 Å². The summed E-state index contributed by atoms with van der Waals surface area (Å²) in [7, 11) is 9.11. The van der Waals surface area contributed by atoms with Crippen molar-refractivity contribution >= 4 is 21.0 Å². The van der Waals surface area contributed by atoms with Gasteiger partial charge in [0, 0.05) is 12.8 Å². The summed E-state index contributed by atoms with van der Waals surface area (Å²) in [5.74, 6) is -0.135. The van der Waals surface area contributed by atoms with Gasteiger partial charge in [0.2, 0.25) is 5.60 Å². The number of carbonyl (C=O) groups is 2. The van der Waals surface area contributed by atoms with E-state index in [0.29, 0.717) is 23.9 Å². The number of unbranched alkanes of at least 4 members (excludes halogenated alkanes) is 10. The Morgan fingerprint density at radius 3 is 1.39 bits per heavy atom. The van der Waals surface area contributed by atoms with Crippen LogP contribution in [0.25, 0.3) is 0 Å². The molecule has 0 saturated carbocycles. The molecular weight excluding hydrogens is 369 g/mol. The van der Waals surface area contributed by atoms with Crippen LogP contribution in [0.4, 0.5) is 0 Å². The summed E-state index contributed by atoms with van der Waals surface area (Å²) in [6.45, 7) is 4.76. The molecule has 0 radical (unpaired) electrons. The third kappa shape index (κ3) is 11.6. The Balaban J connectivity index is 4.81. The fourth-order valence-corrected chi connectivity index (χ4v) is 3.97. The summed E-state index contributed by atoms with van der Waals surface area (Å²) >= 11 is 0. The van der Waals surface area contributed by atoms with E-state index in [2.05, 4.69) is 23.3 Å². The van der Waals surface area contributed by atoms with E-state index in [1.165, 1.54) is 38.5 Å². The van der Waals surface area contributed by atoms with E-state index in [1.807, 2.05) is 21.1 Å². The third-order valence-corrected chi connectivity index (χ3v) is 5.64. The molecule has 0 bridgehead atoms. The minimum absolute atomic E-state index is 0.0676. The summed E-state index contributed by atoms with van der Waals surface area (Å²) in [5, 5.41) is 0. The first kappa shape index (κ1) is 27.7. The maximum absolute atomic E-state index is 13.1. The molecule has 0 atom stereocenters. The number of hydrogen-bond donors (Lipinski definition) is 0. The lowest BCUT2D eigenvalue weighted by Gasteiger charge is -2.39. The number of Topliss-reactive ketones (excluding diaryl/α,β-unsaturated/α-hetero) is 2. The second-order valence-corrected chi connectivity index (χ2v) is 9.46. The molecule has 0 aromatic heterocycles. The van der Waals surface area contributed by atoms with Crippen molar-refractivity contribution < 1.29 is 18.6 Å². The summed E-state index contributed by atoms with van der Waals surface area (Å²) < 4.78 is 6.03. The van der Waals surface area contributed by atoms with Gasteiger partial charge in [0.05, 0.1) is 21.1 Å². The highest BCUT2D eigenvalue weighted by Crippen LogP contribution is 2.26. The Morgan fingerprint density at radius 1 is 0.714 bits per heavy atom. The third-order valence-electron chi connectivity index (χ3n) is 5.29. The fraction of sp³-hybridized carbons (Fsp3) is 0.913. The summed E-state index contributed by atoms with van der Waals surface area (Å²) in [4.78, 5) is 26.2. The number of rotatable bonds is 19. The molecule has 0 aromatic rings. The van der Waals surface area contributed by atoms with Crippen molar-refractivity contribution in [2.75, 3.05) is 27.7 Å². The molecule has 5 heteroatoms. The fourth-order valence-electron chi connectivity index (χ4n) is 3.68. The van der Waals surface area contributed by atoms with Crippen molar-refractivity contribution in [2.45, 2.75) is 109 Å². The Hall–Kier alpha value is -0.310. The van der Waals surface area contributed by atoms with E-state index in [0.717, 1.165) is 38.5 Å². The Bertz CT molecular complexity index is 404. The van der Waals surface area contributed by atoms with Gasteiger partial charge in [-0.15, -0.1) is 0 Å². The lowest BCUT2D eigenvalue weighted by molar-refractivity contribution is -0.873. The highest BCUT2D eigenvalue weighted by molar-refractivity contribution is 7.10. The van der Waals surface area contributed by atoms with Gasteiger partial charge < -0.3 is 18.5 Å². The maximum atomic E-state index is 13.1. The van der Waals surface area contributed by atoms with Crippen LogP contribution in [0.15, 0.2) is 0 Å². The largest absolute Gasteiger partial charge is 0.541 e. The summed E-state index contributed by atoms with van der Waals surface area (Å²) in [6, 6.07) is 0. The molecule has 0 saturated heterocycles. The molecule has 0 heterocycles. The highest BCUT2D eigenvalue weighted by Gasteiger charge is 2.46. The molecular formula is C23H46NO3P.